The van der Waals surface area contributed by atoms with Gasteiger partial charge in [-0.15, -0.1) is 0 Å². The maximum absolute atomic E-state index is 12.5. The van der Waals surface area contributed by atoms with Crippen molar-refractivity contribution in [2.45, 2.75) is 44.2 Å². The lowest BCUT2D eigenvalue weighted by Crippen LogP contribution is -2.47. The van der Waals surface area contributed by atoms with Gasteiger partial charge in [-0.2, -0.15) is 0 Å². The van der Waals surface area contributed by atoms with Crippen molar-refractivity contribution in [3.05, 3.63) is 59.9 Å². The Bertz CT molecular complexity index is 753. The molecule has 6 heteroatoms. The van der Waals surface area contributed by atoms with Gasteiger partial charge in [-0.25, -0.2) is 0 Å². The Morgan fingerprint density at radius 1 is 1.08 bits per heavy atom. The second-order valence-electron chi connectivity index (χ2n) is 6.68. The van der Waals surface area contributed by atoms with E-state index in [4.69, 9.17) is 9.84 Å². The molecular weight excluding hydrogens is 332 g/mol. The van der Waals surface area contributed by atoms with E-state index in [1.54, 1.807) is 36.7 Å². The number of ether oxygens (including phenoxy) is 1. The minimum absolute atomic E-state index is 0.0358. The van der Waals surface area contributed by atoms with Crippen molar-refractivity contribution in [3.8, 4) is 5.75 Å². The highest BCUT2D eigenvalue weighted by Crippen LogP contribution is 2.33. The highest BCUT2D eigenvalue weighted by atomic mass is 16.5. The first-order valence-electron chi connectivity index (χ1n) is 8.72. The van der Waals surface area contributed by atoms with Gasteiger partial charge in [-0.05, 0) is 54.8 Å². The molecule has 6 nitrogen and oxygen atoms in total. The molecule has 1 amide bonds. The Kier molecular flexibility index (Phi) is 5.51. The summed E-state index contributed by atoms with van der Waals surface area (Å²) in [5.74, 6) is -0.458. The van der Waals surface area contributed by atoms with Crippen LogP contribution in [0.5, 0.6) is 5.75 Å². The number of hydrogen-bond acceptors (Lipinski definition) is 4. The van der Waals surface area contributed by atoms with E-state index in [-0.39, 0.29) is 12.3 Å². The molecule has 1 saturated carbocycles. The Balaban J connectivity index is 1.60. The van der Waals surface area contributed by atoms with Crippen molar-refractivity contribution in [3.63, 3.8) is 0 Å². The summed E-state index contributed by atoms with van der Waals surface area (Å²) in [6, 6.07) is 10.6. The number of carboxylic acid groups (broad SMARTS) is 1. The minimum Gasteiger partial charge on any atom is -0.489 e. The Morgan fingerprint density at radius 3 is 2.35 bits per heavy atom. The summed E-state index contributed by atoms with van der Waals surface area (Å²) in [6.45, 7) is 0.426. The molecule has 1 aliphatic rings. The van der Waals surface area contributed by atoms with Crippen LogP contribution in [-0.4, -0.2) is 27.5 Å². The summed E-state index contributed by atoms with van der Waals surface area (Å²) in [4.78, 5) is 27.6. The van der Waals surface area contributed by atoms with Crippen LogP contribution in [-0.2, 0) is 11.4 Å². The van der Waals surface area contributed by atoms with E-state index in [1.807, 2.05) is 12.1 Å². The van der Waals surface area contributed by atoms with Gasteiger partial charge in [-0.3, -0.25) is 14.6 Å². The van der Waals surface area contributed by atoms with Gasteiger partial charge in [0.15, 0.2) is 0 Å². The van der Waals surface area contributed by atoms with Crippen molar-refractivity contribution in [2.24, 2.45) is 0 Å². The zero-order valence-electron chi connectivity index (χ0n) is 14.5. The molecule has 0 saturated heterocycles. The van der Waals surface area contributed by atoms with Crippen molar-refractivity contribution in [1.82, 2.24) is 10.3 Å². The maximum atomic E-state index is 12.5. The summed E-state index contributed by atoms with van der Waals surface area (Å²) in [5, 5.41) is 12.1. The van der Waals surface area contributed by atoms with Gasteiger partial charge in [0.2, 0.25) is 0 Å². The first kappa shape index (κ1) is 17.9. The number of rotatable bonds is 7. The molecule has 2 N–H and O–H groups in total. The van der Waals surface area contributed by atoms with E-state index in [1.165, 1.54) is 0 Å². The lowest BCUT2D eigenvalue weighted by molar-refractivity contribution is -0.138. The topological polar surface area (TPSA) is 88.5 Å². The van der Waals surface area contributed by atoms with Crippen LogP contribution in [0.2, 0.25) is 0 Å². The molecular formula is C20H22N2O4. The number of carbonyl (C=O) groups is 2. The number of benzene rings is 1. The van der Waals surface area contributed by atoms with Crippen LogP contribution in [0, 0.1) is 0 Å². The second kappa shape index (κ2) is 7.99. The molecule has 1 aromatic heterocycles. The molecule has 1 aliphatic carbocycles. The predicted octanol–water partition coefficient (Wildman–Crippen LogP) is 3.18. The van der Waals surface area contributed by atoms with Gasteiger partial charge >= 0.3 is 5.97 Å². The molecule has 1 aromatic carbocycles. The van der Waals surface area contributed by atoms with Crippen LogP contribution in [0.25, 0.3) is 0 Å². The van der Waals surface area contributed by atoms with E-state index in [0.717, 1.165) is 18.4 Å². The number of nitrogens with zero attached hydrogens (tertiary/aromatic N) is 1. The Hall–Kier alpha value is -2.89. The molecule has 0 aliphatic heterocycles. The number of carboxylic acids is 1. The number of hydrogen-bond donors (Lipinski definition) is 2. The highest BCUT2D eigenvalue weighted by Gasteiger charge is 2.37. The van der Waals surface area contributed by atoms with Gasteiger partial charge < -0.3 is 15.2 Å². The van der Waals surface area contributed by atoms with Crippen LogP contribution < -0.4 is 10.1 Å². The zero-order valence-corrected chi connectivity index (χ0v) is 14.5. The van der Waals surface area contributed by atoms with Crippen LogP contribution in [0.3, 0.4) is 0 Å². The van der Waals surface area contributed by atoms with Gasteiger partial charge in [0.05, 0.1) is 12.0 Å². The average Bonchev–Trinajstić information content (AvgIpc) is 3.08. The number of carbonyl (C=O) groups excluding carboxylic acids is 1. The van der Waals surface area contributed by atoms with E-state index < -0.39 is 11.5 Å². The fourth-order valence-corrected chi connectivity index (χ4v) is 3.35. The van der Waals surface area contributed by atoms with Gasteiger partial charge in [-0.1, -0.05) is 12.8 Å². The third-order valence-corrected chi connectivity index (χ3v) is 4.70. The van der Waals surface area contributed by atoms with Crippen molar-refractivity contribution < 1.29 is 19.4 Å². The summed E-state index contributed by atoms with van der Waals surface area (Å²) < 4.78 is 5.70. The molecule has 0 bridgehead atoms. The lowest BCUT2D eigenvalue weighted by Gasteiger charge is -2.28. The normalized spacial score (nSPS) is 15.4. The maximum Gasteiger partial charge on any atom is 0.305 e. The molecule has 1 heterocycles. The van der Waals surface area contributed by atoms with Crippen LogP contribution in [0.4, 0.5) is 0 Å². The second-order valence-corrected chi connectivity index (χ2v) is 6.68. The number of nitrogens with one attached hydrogen (secondary N) is 1. The Morgan fingerprint density at radius 2 is 1.73 bits per heavy atom. The predicted molar refractivity (Wildman–Crippen MR) is 95.9 cm³/mol. The molecule has 3 rings (SSSR count). The molecule has 0 spiro atoms. The van der Waals surface area contributed by atoms with Crippen LogP contribution >= 0.6 is 0 Å². The smallest absolute Gasteiger partial charge is 0.305 e. The fraction of sp³-hybridized carbons (Fsp3) is 0.350. The molecule has 26 heavy (non-hydrogen) atoms. The van der Waals surface area contributed by atoms with E-state index >= 15 is 0 Å². The Labute approximate surface area is 152 Å². The van der Waals surface area contributed by atoms with E-state index in [2.05, 4.69) is 10.3 Å². The lowest BCUT2D eigenvalue weighted by atomic mass is 9.92. The molecule has 0 atom stereocenters. The van der Waals surface area contributed by atoms with Crippen molar-refractivity contribution in [1.29, 1.82) is 0 Å². The van der Waals surface area contributed by atoms with Crippen LogP contribution in [0.1, 0.15) is 48.0 Å². The summed E-state index contributed by atoms with van der Waals surface area (Å²) in [5.41, 5.74) is 0.885. The summed E-state index contributed by atoms with van der Waals surface area (Å²) in [6.07, 6.45) is 6.68. The molecule has 0 radical (unpaired) electrons. The van der Waals surface area contributed by atoms with Gasteiger partial charge in [0, 0.05) is 18.0 Å². The summed E-state index contributed by atoms with van der Waals surface area (Å²) in [7, 11) is 0. The molecule has 136 valence electrons. The number of aromatic nitrogens is 1. The highest BCUT2D eigenvalue weighted by molar-refractivity contribution is 5.95. The van der Waals surface area contributed by atoms with Crippen molar-refractivity contribution >= 4 is 11.9 Å². The van der Waals surface area contributed by atoms with Crippen LogP contribution in [0.15, 0.2) is 48.8 Å². The van der Waals surface area contributed by atoms with E-state index in [9.17, 15) is 9.59 Å². The van der Waals surface area contributed by atoms with Gasteiger partial charge in [0.25, 0.3) is 5.91 Å². The minimum atomic E-state index is -0.882. The monoisotopic (exact) mass is 354 g/mol. The fourth-order valence-electron chi connectivity index (χ4n) is 3.35. The zero-order chi connectivity index (χ0) is 18.4. The molecule has 1 fully saturated rings. The quantitative estimate of drug-likeness (QED) is 0.797. The number of amides is 1. The average molecular weight is 354 g/mol. The largest absolute Gasteiger partial charge is 0.489 e. The van der Waals surface area contributed by atoms with E-state index in [0.29, 0.717) is 30.8 Å². The number of pyridine rings is 1. The molecule has 2 aromatic rings. The third kappa shape index (κ3) is 4.59. The SMILES string of the molecule is O=C(O)CC1(NC(=O)c2ccc(OCc3ccncc3)cc2)CCCC1. The number of aliphatic carboxylic acids is 1. The standard InChI is InChI=1S/C20H22N2O4/c23-18(24)13-20(9-1-2-10-20)22-19(25)16-3-5-17(6-4-16)26-14-15-7-11-21-12-8-15/h3-8,11-12H,1-2,9-10,13-14H2,(H,22,25)(H,23,24). The van der Waals surface area contributed by atoms with Crippen molar-refractivity contribution in [2.75, 3.05) is 0 Å². The summed E-state index contributed by atoms with van der Waals surface area (Å²) >= 11 is 0. The first-order valence-corrected chi connectivity index (χ1v) is 8.72. The molecule has 0 unspecified atom stereocenters. The third-order valence-electron chi connectivity index (χ3n) is 4.70. The van der Waals surface area contributed by atoms with Gasteiger partial charge in [0.1, 0.15) is 12.4 Å². The first-order chi connectivity index (χ1) is 12.6.